The first-order valence-electron chi connectivity index (χ1n) is 8.45. The number of hydrogen-bond acceptors (Lipinski definition) is 5. The molecule has 0 saturated carbocycles. The number of aromatic nitrogens is 2. The number of methoxy groups -OCH3 is 2. The molecule has 1 fully saturated rings. The summed E-state index contributed by atoms with van der Waals surface area (Å²) in [5.41, 5.74) is 2.67. The van der Waals surface area contributed by atoms with E-state index in [1.165, 1.54) is 0 Å². The summed E-state index contributed by atoms with van der Waals surface area (Å²) in [4.78, 5) is 23.2. The van der Waals surface area contributed by atoms with Crippen LogP contribution in [-0.2, 0) is 9.53 Å². The number of carbonyl (C=O) groups is 1. The molecule has 1 aromatic heterocycles. The Balaban J connectivity index is 1.92. The average molecular weight is 341 g/mol. The topological polar surface area (TPSA) is 64.5 Å². The minimum absolute atomic E-state index is 0.0231. The second-order valence-electron chi connectivity index (χ2n) is 6.10. The van der Waals surface area contributed by atoms with Crippen molar-refractivity contribution in [3.05, 3.63) is 42.4 Å². The van der Waals surface area contributed by atoms with E-state index in [1.54, 1.807) is 26.6 Å². The Morgan fingerprint density at radius 3 is 2.84 bits per heavy atom. The Morgan fingerprint density at radius 1 is 1.24 bits per heavy atom. The second-order valence-corrected chi connectivity index (χ2v) is 6.10. The second kappa shape index (κ2) is 8.07. The summed E-state index contributed by atoms with van der Waals surface area (Å²) >= 11 is 0. The number of ether oxygens (including phenoxy) is 2. The van der Waals surface area contributed by atoms with Crippen LogP contribution in [0.1, 0.15) is 24.5 Å². The van der Waals surface area contributed by atoms with Crippen LogP contribution in [0.15, 0.2) is 36.7 Å². The lowest BCUT2D eigenvalue weighted by atomic mass is 9.91. The summed E-state index contributed by atoms with van der Waals surface area (Å²) < 4.78 is 10.5. The van der Waals surface area contributed by atoms with Crippen molar-refractivity contribution >= 4 is 5.91 Å². The quantitative estimate of drug-likeness (QED) is 0.836. The lowest BCUT2D eigenvalue weighted by Crippen LogP contribution is -2.41. The van der Waals surface area contributed by atoms with Gasteiger partial charge in [0.1, 0.15) is 12.4 Å². The summed E-state index contributed by atoms with van der Waals surface area (Å²) in [6.45, 7) is 1.53. The Bertz CT molecular complexity index is 735. The number of nitrogens with zero attached hydrogens (tertiary/aromatic N) is 3. The maximum absolute atomic E-state index is 12.2. The highest BCUT2D eigenvalue weighted by Crippen LogP contribution is 2.35. The summed E-state index contributed by atoms with van der Waals surface area (Å²) in [5, 5.41) is 0. The molecule has 3 rings (SSSR count). The smallest absolute Gasteiger partial charge is 0.248 e. The SMILES string of the molecule is COCC(=O)N1CCC[C@H](c2nccnc2-c2ccccc2OC)C1. The van der Waals surface area contributed by atoms with Gasteiger partial charge in [0.05, 0.1) is 18.5 Å². The molecule has 0 bridgehead atoms. The van der Waals surface area contributed by atoms with Gasteiger partial charge in [0.15, 0.2) is 0 Å². The van der Waals surface area contributed by atoms with E-state index < -0.39 is 0 Å². The third-order valence-corrected chi connectivity index (χ3v) is 4.52. The van der Waals surface area contributed by atoms with Gasteiger partial charge in [-0.25, -0.2) is 0 Å². The largest absolute Gasteiger partial charge is 0.496 e. The zero-order valence-electron chi connectivity index (χ0n) is 14.6. The number of rotatable bonds is 5. The van der Waals surface area contributed by atoms with Crippen LogP contribution in [0.25, 0.3) is 11.3 Å². The third-order valence-electron chi connectivity index (χ3n) is 4.52. The van der Waals surface area contributed by atoms with E-state index in [4.69, 9.17) is 9.47 Å². The van der Waals surface area contributed by atoms with Gasteiger partial charge in [0.2, 0.25) is 5.91 Å². The Hall–Kier alpha value is -2.47. The van der Waals surface area contributed by atoms with Crippen LogP contribution in [0.3, 0.4) is 0 Å². The van der Waals surface area contributed by atoms with Crippen molar-refractivity contribution in [1.82, 2.24) is 14.9 Å². The maximum atomic E-state index is 12.2. The zero-order valence-corrected chi connectivity index (χ0v) is 14.6. The first kappa shape index (κ1) is 17.4. The molecule has 2 aromatic rings. The highest BCUT2D eigenvalue weighted by atomic mass is 16.5. The first-order chi connectivity index (χ1) is 12.2. The Labute approximate surface area is 147 Å². The molecular weight excluding hydrogens is 318 g/mol. The van der Waals surface area contributed by atoms with E-state index in [0.717, 1.165) is 42.1 Å². The number of likely N-dealkylation sites (tertiary alicyclic amines) is 1. The summed E-state index contributed by atoms with van der Waals surface area (Å²) in [7, 11) is 3.20. The van der Waals surface area contributed by atoms with Crippen molar-refractivity contribution in [2.75, 3.05) is 33.9 Å². The number of carbonyl (C=O) groups excluding carboxylic acids is 1. The van der Waals surface area contributed by atoms with E-state index in [9.17, 15) is 4.79 Å². The fourth-order valence-electron chi connectivity index (χ4n) is 3.34. The van der Waals surface area contributed by atoms with Gasteiger partial charge >= 0.3 is 0 Å². The molecule has 25 heavy (non-hydrogen) atoms. The van der Waals surface area contributed by atoms with Crippen LogP contribution in [0, 0.1) is 0 Å². The highest BCUT2D eigenvalue weighted by molar-refractivity contribution is 5.77. The van der Waals surface area contributed by atoms with Gasteiger partial charge in [0.25, 0.3) is 0 Å². The lowest BCUT2D eigenvalue weighted by Gasteiger charge is -2.33. The molecule has 132 valence electrons. The van der Waals surface area contributed by atoms with Crippen molar-refractivity contribution in [3.8, 4) is 17.0 Å². The van der Waals surface area contributed by atoms with Crippen LogP contribution in [0.2, 0.25) is 0 Å². The van der Waals surface area contributed by atoms with Gasteiger partial charge in [-0.1, -0.05) is 12.1 Å². The molecule has 6 heteroatoms. The molecule has 6 nitrogen and oxygen atoms in total. The van der Waals surface area contributed by atoms with Crippen LogP contribution < -0.4 is 4.74 Å². The van der Waals surface area contributed by atoms with Crippen LogP contribution in [0.5, 0.6) is 5.75 Å². The molecule has 1 aliphatic heterocycles. The number of hydrogen-bond donors (Lipinski definition) is 0. The van der Waals surface area contributed by atoms with Crippen LogP contribution in [-0.4, -0.2) is 54.7 Å². The Kier molecular flexibility index (Phi) is 5.60. The predicted octanol–water partition coefficient (Wildman–Crippen LogP) is 2.50. The van der Waals surface area contributed by atoms with Gasteiger partial charge < -0.3 is 14.4 Å². The van der Waals surface area contributed by atoms with E-state index in [0.29, 0.717) is 6.54 Å². The molecule has 1 aromatic carbocycles. The van der Waals surface area contributed by atoms with Crippen molar-refractivity contribution in [1.29, 1.82) is 0 Å². The lowest BCUT2D eigenvalue weighted by molar-refractivity contribution is -0.136. The molecule has 1 aliphatic rings. The summed E-state index contributed by atoms with van der Waals surface area (Å²) in [6, 6.07) is 7.81. The summed E-state index contributed by atoms with van der Waals surface area (Å²) in [6.07, 6.45) is 5.34. The zero-order chi connectivity index (χ0) is 17.6. The van der Waals surface area contributed by atoms with E-state index >= 15 is 0 Å². The molecule has 2 heterocycles. The van der Waals surface area contributed by atoms with E-state index in [1.807, 2.05) is 29.2 Å². The monoisotopic (exact) mass is 341 g/mol. The van der Waals surface area contributed by atoms with Gasteiger partial charge in [-0.15, -0.1) is 0 Å². The minimum atomic E-state index is 0.0231. The van der Waals surface area contributed by atoms with Gasteiger partial charge in [-0.05, 0) is 25.0 Å². The number of amides is 1. The van der Waals surface area contributed by atoms with Crippen molar-refractivity contribution in [2.45, 2.75) is 18.8 Å². The average Bonchev–Trinajstić information content (AvgIpc) is 2.68. The fourth-order valence-corrected chi connectivity index (χ4v) is 3.34. The predicted molar refractivity (Wildman–Crippen MR) is 94.5 cm³/mol. The van der Waals surface area contributed by atoms with E-state index in [2.05, 4.69) is 9.97 Å². The van der Waals surface area contributed by atoms with Gasteiger partial charge in [0, 0.05) is 44.1 Å². The molecule has 0 radical (unpaired) electrons. The van der Waals surface area contributed by atoms with Crippen molar-refractivity contribution in [3.63, 3.8) is 0 Å². The van der Waals surface area contributed by atoms with Crippen molar-refractivity contribution in [2.24, 2.45) is 0 Å². The number of piperidine rings is 1. The molecular formula is C19H23N3O3. The standard InChI is InChI=1S/C19H23N3O3/c1-24-13-17(23)22-11-5-6-14(12-22)18-19(21-10-9-20-18)15-7-3-4-8-16(15)25-2/h3-4,7-10,14H,5-6,11-13H2,1-2H3/t14-/m0/s1. The van der Waals surface area contributed by atoms with Crippen LogP contribution >= 0.6 is 0 Å². The normalized spacial score (nSPS) is 17.4. The number of para-hydroxylation sites is 1. The maximum Gasteiger partial charge on any atom is 0.248 e. The Morgan fingerprint density at radius 2 is 2.04 bits per heavy atom. The van der Waals surface area contributed by atoms with Gasteiger partial charge in [-0.2, -0.15) is 0 Å². The minimum Gasteiger partial charge on any atom is -0.496 e. The first-order valence-corrected chi connectivity index (χ1v) is 8.45. The summed E-state index contributed by atoms with van der Waals surface area (Å²) in [5.74, 6) is 0.950. The third kappa shape index (κ3) is 3.79. The number of benzene rings is 1. The molecule has 1 saturated heterocycles. The molecule has 1 amide bonds. The fraction of sp³-hybridized carbons (Fsp3) is 0.421. The van der Waals surface area contributed by atoms with Gasteiger partial charge in [-0.3, -0.25) is 14.8 Å². The van der Waals surface area contributed by atoms with Crippen molar-refractivity contribution < 1.29 is 14.3 Å². The van der Waals surface area contributed by atoms with E-state index in [-0.39, 0.29) is 18.4 Å². The molecule has 1 atom stereocenters. The molecule has 0 spiro atoms. The molecule has 0 aliphatic carbocycles. The van der Waals surface area contributed by atoms with Crippen LogP contribution in [0.4, 0.5) is 0 Å². The molecule has 0 N–H and O–H groups in total. The highest BCUT2D eigenvalue weighted by Gasteiger charge is 2.28. The molecule has 0 unspecified atom stereocenters.